The third-order valence-corrected chi connectivity index (χ3v) is 3.08. The summed E-state index contributed by atoms with van der Waals surface area (Å²) in [6.07, 6.45) is 1.32. The first-order valence-corrected chi connectivity index (χ1v) is 6.08. The number of hydrogen-bond acceptors (Lipinski definition) is 2. The number of nitrogens with zero attached hydrogens (tertiary/aromatic N) is 1. The van der Waals surface area contributed by atoms with E-state index >= 15 is 0 Å². The molecule has 2 nitrogen and oxygen atoms in total. The topological polar surface area (TPSA) is 33.1 Å². The van der Waals surface area contributed by atoms with Crippen molar-refractivity contribution in [2.24, 2.45) is 0 Å². The molecule has 0 fully saturated rings. The first kappa shape index (κ1) is 13.1. The quantitative estimate of drug-likeness (QED) is 0.942. The van der Waals surface area contributed by atoms with E-state index in [1.807, 2.05) is 0 Å². The Bertz CT molecular complexity index is 562. The molecule has 0 radical (unpaired) electrons. The van der Waals surface area contributed by atoms with E-state index in [0.29, 0.717) is 10.0 Å². The van der Waals surface area contributed by atoms with Crippen LogP contribution >= 0.6 is 15.9 Å². The van der Waals surface area contributed by atoms with Gasteiger partial charge in [0.1, 0.15) is 11.6 Å². The van der Waals surface area contributed by atoms with Gasteiger partial charge >= 0.3 is 0 Å². The molecule has 0 saturated carbocycles. The lowest BCUT2D eigenvalue weighted by molar-refractivity contribution is 0.172. The van der Waals surface area contributed by atoms with Gasteiger partial charge in [0.2, 0.25) is 0 Å². The van der Waals surface area contributed by atoms with Gasteiger partial charge in [-0.05, 0) is 29.8 Å². The lowest BCUT2D eigenvalue weighted by atomic mass is 10.0. The van der Waals surface area contributed by atoms with E-state index in [9.17, 15) is 13.9 Å². The number of pyridine rings is 1. The second-order valence-corrected chi connectivity index (χ2v) is 4.77. The highest BCUT2D eigenvalue weighted by atomic mass is 79.9. The molecule has 18 heavy (non-hydrogen) atoms. The lowest BCUT2D eigenvalue weighted by Gasteiger charge is -2.12. The molecule has 0 saturated heterocycles. The van der Waals surface area contributed by atoms with E-state index in [1.165, 1.54) is 18.3 Å². The number of halogens is 3. The average Bonchev–Trinajstić information content (AvgIpc) is 2.34. The van der Waals surface area contributed by atoms with Gasteiger partial charge in [-0.2, -0.15) is 0 Å². The number of aliphatic hydroxyl groups excluding tert-OH is 1. The van der Waals surface area contributed by atoms with Crippen LogP contribution in [0, 0.1) is 11.6 Å². The summed E-state index contributed by atoms with van der Waals surface area (Å²) in [7, 11) is 0. The summed E-state index contributed by atoms with van der Waals surface area (Å²) in [6.45, 7) is 0. The minimum Gasteiger partial charge on any atom is -0.388 e. The van der Waals surface area contributed by atoms with Crippen LogP contribution in [0.3, 0.4) is 0 Å². The van der Waals surface area contributed by atoms with Crippen LogP contribution in [0.4, 0.5) is 8.78 Å². The molecule has 2 rings (SSSR count). The molecule has 1 N–H and O–H groups in total. The van der Waals surface area contributed by atoms with Crippen molar-refractivity contribution in [2.45, 2.75) is 12.5 Å². The molecule has 0 spiro atoms. The Balaban J connectivity index is 2.24. The Hall–Kier alpha value is -1.33. The van der Waals surface area contributed by atoms with Crippen LogP contribution in [0.15, 0.2) is 41.1 Å². The van der Waals surface area contributed by atoms with Gasteiger partial charge in [0.05, 0.1) is 12.3 Å². The summed E-state index contributed by atoms with van der Waals surface area (Å²) in [4.78, 5) is 3.60. The number of aromatic nitrogens is 1. The zero-order chi connectivity index (χ0) is 13.1. The van der Waals surface area contributed by atoms with Crippen LogP contribution in [-0.4, -0.2) is 10.1 Å². The average molecular weight is 314 g/mol. The predicted molar refractivity (Wildman–Crippen MR) is 67.0 cm³/mol. The van der Waals surface area contributed by atoms with Gasteiger partial charge in [0, 0.05) is 22.7 Å². The highest BCUT2D eigenvalue weighted by Gasteiger charge is 2.15. The molecule has 1 atom stereocenters. The fourth-order valence-electron chi connectivity index (χ4n) is 1.67. The summed E-state index contributed by atoms with van der Waals surface area (Å²) in [6, 6.07) is 5.82. The van der Waals surface area contributed by atoms with Crippen molar-refractivity contribution in [1.82, 2.24) is 4.98 Å². The van der Waals surface area contributed by atoms with Crippen molar-refractivity contribution in [3.8, 4) is 0 Å². The number of aliphatic hydroxyl groups is 1. The smallest absolute Gasteiger partial charge is 0.147 e. The van der Waals surface area contributed by atoms with Gasteiger partial charge < -0.3 is 5.11 Å². The monoisotopic (exact) mass is 313 g/mol. The minimum atomic E-state index is -1.10. The van der Waals surface area contributed by atoms with E-state index in [2.05, 4.69) is 20.9 Å². The molecule has 1 aromatic carbocycles. The van der Waals surface area contributed by atoms with E-state index in [4.69, 9.17) is 0 Å². The summed E-state index contributed by atoms with van der Waals surface area (Å²) in [5.74, 6) is -1.02. The second kappa shape index (κ2) is 5.54. The van der Waals surface area contributed by atoms with Gasteiger partial charge in [-0.15, -0.1) is 0 Å². The van der Waals surface area contributed by atoms with Crippen molar-refractivity contribution >= 4 is 15.9 Å². The maximum atomic E-state index is 13.5. The highest BCUT2D eigenvalue weighted by Crippen LogP contribution is 2.23. The third-order valence-electron chi connectivity index (χ3n) is 2.58. The Morgan fingerprint density at radius 2 is 2.00 bits per heavy atom. The predicted octanol–water partition coefficient (Wildman–Crippen LogP) is 3.40. The lowest BCUT2D eigenvalue weighted by Crippen LogP contribution is -2.06. The van der Waals surface area contributed by atoms with Gasteiger partial charge in [-0.3, -0.25) is 4.98 Å². The Labute approximate surface area is 111 Å². The molecular formula is C13H10BrF2NO. The van der Waals surface area contributed by atoms with Crippen molar-refractivity contribution in [1.29, 1.82) is 0 Å². The molecule has 5 heteroatoms. The third kappa shape index (κ3) is 2.91. The number of hydrogen-bond donors (Lipinski definition) is 1. The Kier molecular flexibility index (Phi) is 4.04. The summed E-state index contributed by atoms with van der Waals surface area (Å²) >= 11 is 3.22. The molecule has 0 amide bonds. The zero-order valence-corrected chi connectivity index (χ0v) is 10.9. The molecule has 0 aliphatic rings. The molecule has 94 valence electrons. The van der Waals surface area contributed by atoms with E-state index in [1.54, 1.807) is 12.1 Å². The van der Waals surface area contributed by atoms with Crippen LogP contribution < -0.4 is 0 Å². The van der Waals surface area contributed by atoms with Crippen LogP contribution in [0.5, 0.6) is 0 Å². The van der Waals surface area contributed by atoms with Crippen LogP contribution in [0.2, 0.25) is 0 Å². The molecule has 0 aliphatic carbocycles. The molecule has 0 aliphatic heterocycles. The fourth-order valence-corrected chi connectivity index (χ4v) is 2.08. The van der Waals surface area contributed by atoms with E-state index in [0.717, 1.165) is 6.20 Å². The van der Waals surface area contributed by atoms with Crippen LogP contribution in [0.25, 0.3) is 0 Å². The molecule has 1 aromatic heterocycles. The maximum Gasteiger partial charge on any atom is 0.147 e. The van der Waals surface area contributed by atoms with Crippen molar-refractivity contribution in [3.05, 3.63) is 63.9 Å². The molecule has 2 aromatic rings. The minimum absolute atomic E-state index is 0.00616. The molecular weight excluding hydrogens is 304 g/mol. The van der Waals surface area contributed by atoms with Crippen molar-refractivity contribution in [2.75, 3.05) is 0 Å². The highest BCUT2D eigenvalue weighted by molar-refractivity contribution is 9.10. The molecule has 1 heterocycles. The zero-order valence-electron chi connectivity index (χ0n) is 9.28. The van der Waals surface area contributed by atoms with E-state index in [-0.39, 0.29) is 12.0 Å². The second-order valence-electron chi connectivity index (χ2n) is 3.85. The molecule has 0 bridgehead atoms. The number of benzene rings is 1. The van der Waals surface area contributed by atoms with E-state index < -0.39 is 17.7 Å². The summed E-state index contributed by atoms with van der Waals surface area (Å²) in [5, 5.41) is 9.92. The van der Waals surface area contributed by atoms with Gasteiger partial charge in [-0.1, -0.05) is 15.9 Å². The maximum absolute atomic E-state index is 13.5. The summed E-state index contributed by atoms with van der Waals surface area (Å²) < 4.78 is 27.6. The Morgan fingerprint density at radius 1 is 1.22 bits per heavy atom. The Morgan fingerprint density at radius 3 is 2.72 bits per heavy atom. The fraction of sp³-hybridized carbons (Fsp3) is 0.154. The normalized spacial score (nSPS) is 12.4. The van der Waals surface area contributed by atoms with Gasteiger partial charge in [-0.25, -0.2) is 8.78 Å². The SMILES string of the molecule is OC(Cc1cc(Br)ccc1F)c1ccncc1F. The largest absolute Gasteiger partial charge is 0.388 e. The standard InChI is InChI=1S/C13H10BrF2NO/c14-9-1-2-11(15)8(5-9)6-13(18)10-3-4-17-7-12(10)16/h1-5,7,13,18H,6H2. The first-order valence-electron chi connectivity index (χ1n) is 5.29. The van der Waals surface area contributed by atoms with Gasteiger partial charge in [0.25, 0.3) is 0 Å². The van der Waals surface area contributed by atoms with Crippen LogP contribution in [0.1, 0.15) is 17.2 Å². The van der Waals surface area contributed by atoms with Crippen molar-refractivity contribution < 1.29 is 13.9 Å². The van der Waals surface area contributed by atoms with Crippen molar-refractivity contribution in [3.63, 3.8) is 0 Å². The summed E-state index contributed by atoms with van der Waals surface area (Å²) in [5.41, 5.74) is 0.442. The first-order chi connectivity index (χ1) is 8.58. The molecule has 1 unspecified atom stereocenters. The van der Waals surface area contributed by atoms with Crippen LogP contribution in [-0.2, 0) is 6.42 Å². The van der Waals surface area contributed by atoms with Gasteiger partial charge in [0.15, 0.2) is 0 Å². The number of rotatable bonds is 3.